The summed E-state index contributed by atoms with van der Waals surface area (Å²) >= 11 is 0. The van der Waals surface area contributed by atoms with E-state index in [1.54, 1.807) is 24.5 Å². The number of aryl methyl sites for hydroxylation is 1. The highest BCUT2D eigenvalue weighted by Gasteiger charge is 2.31. The maximum atomic E-state index is 14.6. The summed E-state index contributed by atoms with van der Waals surface area (Å²) in [5, 5.41) is 12.6. The van der Waals surface area contributed by atoms with Crippen molar-refractivity contribution in [2.75, 3.05) is 5.32 Å². The van der Waals surface area contributed by atoms with E-state index in [2.05, 4.69) is 30.7 Å². The predicted molar refractivity (Wildman–Crippen MR) is 141 cm³/mol. The molecule has 0 bridgehead atoms. The van der Waals surface area contributed by atoms with Crippen molar-refractivity contribution < 1.29 is 31.9 Å². The Morgan fingerprint density at radius 1 is 1.07 bits per heavy atom. The van der Waals surface area contributed by atoms with Crippen LogP contribution in [0.2, 0.25) is 0 Å². The summed E-state index contributed by atoms with van der Waals surface area (Å²) in [6.45, 7) is -0.272. The third-order valence-corrected chi connectivity index (χ3v) is 5.79. The van der Waals surface area contributed by atoms with Crippen LogP contribution < -0.4 is 20.9 Å². The van der Waals surface area contributed by atoms with Crippen molar-refractivity contribution >= 4 is 17.5 Å². The van der Waals surface area contributed by atoms with Gasteiger partial charge < -0.3 is 19.9 Å². The average Bonchev–Trinajstić information content (AvgIpc) is 3.39. The van der Waals surface area contributed by atoms with Crippen LogP contribution in [0.3, 0.4) is 0 Å². The third-order valence-electron chi connectivity index (χ3n) is 5.79. The fourth-order valence-electron chi connectivity index (χ4n) is 3.85. The van der Waals surface area contributed by atoms with Crippen LogP contribution in [-0.4, -0.2) is 48.9 Å². The molecule has 0 aliphatic carbocycles. The van der Waals surface area contributed by atoms with Gasteiger partial charge in [-0.15, -0.1) is 18.3 Å². The van der Waals surface area contributed by atoms with Crippen LogP contribution in [0.1, 0.15) is 28.0 Å². The highest BCUT2D eigenvalue weighted by molar-refractivity contribution is 5.92. The standard InChI is InChI=1S/C27H25F4N7O4/c28-20(6-9-37-10-7-21(13-25(37)40)34-24(39)12-19-4-2-8-32-14-19)16-38-17-23(35-36-38)26(41)33-15-18-3-1-5-22(11-18)42-27(29,30)31/h1-5,7-8,10-11,13-14,17,20H,6,9,12,15-16H2,(H,33,41)(H,34,39). The smallest absolute Gasteiger partial charge is 0.406 e. The van der Waals surface area contributed by atoms with Gasteiger partial charge in [-0.1, -0.05) is 23.4 Å². The molecule has 0 aliphatic rings. The zero-order valence-corrected chi connectivity index (χ0v) is 21.9. The monoisotopic (exact) mass is 587 g/mol. The molecular weight excluding hydrogens is 562 g/mol. The number of nitrogens with zero attached hydrogens (tertiary/aromatic N) is 5. The molecule has 1 aromatic carbocycles. The minimum absolute atomic E-state index is 0.0374. The van der Waals surface area contributed by atoms with Gasteiger partial charge in [-0.3, -0.25) is 19.4 Å². The van der Waals surface area contributed by atoms with E-state index < -0.39 is 29.7 Å². The van der Waals surface area contributed by atoms with E-state index in [0.29, 0.717) is 11.3 Å². The van der Waals surface area contributed by atoms with Crippen molar-refractivity contribution in [1.82, 2.24) is 29.9 Å². The van der Waals surface area contributed by atoms with Crippen LogP contribution >= 0.6 is 0 Å². The Bertz CT molecular complexity index is 1570. The van der Waals surface area contributed by atoms with Gasteiger partial charge >= 0.3 is 6.36 Å². The molecule has 0 fully saturated rings. The second-order valence-electron chi connectivity index (χ2n) is 9.12. The SMILES string of the molecule is O=C(Cc1cccnc1)Nc1ccn(CCC(F)Cn2cc(C(=O)NCc3cccc(OC(F)(F)F)c3)nn2)c(=O)c1. The maximum Gasteiger partial charge on any atom is 0.573 e. The summed E-state index contributed by atoms with van der Waals surface area (Å²) in [4.78, 5) is 40.9. The topological polar surface area (TPSA) is 133 Å². The second-order valence-corrected chi connectivity index (χ2v) is 9.12. The Labute approximate surface area is 236 Å². The lowest BCUT2D eigenvalue weighted by Crippen LogP contribution is -2.24. The molecule has 0 spiro atoms. The molecule has 2 amide bonds. The maximum absolute atomic E-state index is 14.6. The largest absolute Gasteiger partial charge is 0.573 e. The number of pyridine rings is 2. The van der Waals surface area contributed by atoms with Gasteiger partial charge in [-0.05, 0) is 41.8 Å². The molecule has 0 saturated carbocycles. The fraction of sp³-hybridized carbons (Fsp3) is 0.259. The summed E-state index contributed by atoms with van der Waals surface area (Å²) in [5.74, 6) is -1.39. The Morgan fingerprint density at radius 2 is 1.88 bits per heavy atom. The van der Waals surface area contributed by atoms with Crippen molar-refractivity contribution in [3.63, 3.8) is 0 Å². The molecule has 220 valence electrons. The van der Waals surface area contributed by atoms with Gasteiger partial charge in [0.05, 0.1) is 19.2 Å². The number of hydrogen-bond donors (Lipinski definition) is 2. The number of benzene rings is 1. The minimum atomic E-state index is -4.84. The molecule has 15 heteroatoms. The lowest BCUT2D eigenvalue weighted by atomic mass is 10.2. The Kier molecular flexibility index (Phi) is 9.62. The average molecular weight is 588 g/mol. The third kappa shape index (κ3) is 9.25. The van der Waals surface area contributed by atoms with Crippen molar-refractivity contribution in [2.24, 2.45) is 0 Å². The zero-order chi connectivity index (χ0) is 30.1. The van der Waals surface area contributed by atoms with E-state index in [1.807, 2.05) is 0 Å². The zero-order valence-electron chi connectivity index (χ0n) is 21.9. The summed E-state index contributed by atoms with van der Waals surface area (Å²) in [6.07, 6.45) is -0.339. The number of rotatable bonds is 12. The first-order valence-corrected chi connectivity index (χ1v) is 12.6. The molecule has 0 aliphatic heterocycles. The van der Waals surface area contributed by atoms with Crippen LogP contribution in [0.25, 0.3) is 0 Å². The Balaban J connectivity index is 1.22. The second kappa shape index (κ2) is 13.5. The summed E-state index contributed by atoms with van der Waals surface area (Å²) in [7, 11) is 0. The summed E-state index contributed by atoms with van der Waals surface area (Å²) in [5.41, 5.74) is 0.870. The van der Waals surface area contributed by atoms with E-state index in [0.717, 1.165) is 22.4 Å². The van der Waals surface area contributed by atoms with E-state index in [-0.39, 0.29) is 44.1 Å². The lowest BCUT2D eigenvalue weighted by molar-refractivity contribution is -0.274. The van der Waals surface area contributed by atoms with Crippen molar-refractivity contribution in [2.45, 2.75) is 45.0 Å². The first kappa shape index (κ1) is 29.9. The molecule has 1 atom stereocenters. The molecule has 4 rings (SSSR count). The van der Waals surface area contributed by atoms with Crippen molar-refractivity contribution in [3.8, 4) is 5.75 Å². The van der Waals surface area contributed by atoms with E-state index >= 15 is 0 Å². The van der Waals surface area contributed by atoms with Gasteiger partial charge in [0.2, 0.25) is 5.91 Å². The predicted octanol–water partition coefficient (Wildman–Crippen LogP) is 3.27. The van der Waals surface area contributed by atoms with Gasteiger partial charge in [0, 0.05) is 43.4 Å². The van der Waals surface area contributed by atoms with Gasteiger partial charge in [-0.2, -0.15) is 0 Å². The van der Waals surface area contributed by atoms with E-state index in [1.165, 1.54) is 41.2 Å². The molecule has 0 saturated heterocycles. The number of hydrogen-bond acceptors (Lipinski definition) is 7. The molecule has 4 aromatic rings. The number of carbonyl (C=O) groups excluding carboxylic acids is 2. The number of ether oxygens (including phenoxy) is 1. The first-order valence-electron chi connectivity index (χ1n) is 12.6. The molecule has 42 heavy (non-hydrogen) atoms. The first-order chi connectivity index (χ1) is 20.0. The number of alkyl halides is 4. The highest BCUT2D eigenvalue weighted by atomic mass is 19.4. The number of amides is 2. The van der Waals surface area contributed by atoms with Crippen molar-refractivity contribution in [3.05, 3.63) is 100 Å². The molecule has 3 aromatic heterocycles. The molecule has 0 radical (unpaired) electrons. The van der Waals surface area contributed by atoms with Gasteiger partial charge in [0.1, 0.15) is 11.9 Å². The Morgan fingerprint density at radius 3 is 2.62 bits per heavy atom. The molecule has 1 unspecified atom stereocenters. The van der Waals surface area contributed by atoms with Gasteiger partial charge in [-0.25, -0.2) is 9.07 Å². The van der Waals surface area contributed by atoms with Crippen LogP contribution in [-0.2, 0) is 30.8 Å². The minimum Gasteiger partial charge on any atom is -0.406 e. The number of halogens is 4. The highest BCUT2D eigenvalue weighted by Crippen LogP contribution is 2.23. The van der Waals surface area contributed by atoms with Crippen LogP contribution in [0.15, 0.2) is 78.1 Å². The Hall–Kier alpha value is -5.08. The van der Waals surface area contributed by atoms with Crippen LogP contribution in [0.4, 0.5) is 23.2 Å². The summed E-state index contributed by atoms with van der Waals surface area (Å²) in [6, 6.07) is 11.4. The lowest BCUT2D eigenvalue weighted by Gasteiger charge is -2.11. The van der Waals surface area contributed by atoms with E-state index in [4.69, 9.17) is 0 Å². The van der Waals surface area contributed by atoms with Gasteiger partial charge in [0.15, 0.2) is 5.69 Å². The van der Waals surface area contributed by atoms with Crippen LogP contribution in [0, 0.1) is 0 Å². The molecule has 11 nitrogen and oxygen atoms in total. The van der Waals surface area contributed by atoms with E-state index in [9.17, 15) is 31.9 Å². The van der Waals surface area contributed by atoms with Crippen molar-refractivity contribution in [1.29, 1.82) is 0 Å². The fourth-order valence-corrected chi connectivity index (χ4v) is 3.85. The number of nitrogens with one attached hydrogen (secondary N) is 2. The normalized spacial score (nSPS) is 12.0. The molecular formula is C27H25F4N7O4. The number of carbonyl (C=O) groups is 2. The number of anilines is 1. The van der Waals surface area contributed by atoms with Crippen LogP contribution in [0.5, 0.6) is 5.75 Å². The molecule has 2 N–H and O–H groups in total. The number of aromatic nitrogens is 5. The summed E-state index contributed by atoms with van der Waals surface area (Å²) < 4.78 is 58.1. The van der Waals surface area contributed by atoms with Gasteiger partial charge in [0.25, 0.3) is 11.5 Å². The quantitative estimate of drug-likeness (QED) is 0.243. The molecule has 3 heterocycles.